The summed E-state index contributed by atoms with van der Waals surface area (Å²) in [7, 11) is -4.99. The van der Waals surface area contributed by atoms with Crippen LogP contribution < -0.4 is 0 Å². The van der Waals surface area contributed by atoms with Crippen molar-refractivity contribution in [1.29, 1.82) is 0 Å². The molecule has 0 atom stereocenters. The minimum absolute atomic E-state index is 0.159. The second kappa shape index (κ2) is 11.7. The SMILES string of the molecule is CC(C)=C(C)C(=O)OOP(=O)(OOC(=O)C(C)=C(C)C)OOC(=O)C(C)=C(C)C. The molecule has 0 aliphatic carbocycles. The minimum Gasteiger partial charge on any atom is -0.282 e. The van der Waals surface area contributed by atoms with Gasteiger partial charge in [-0.1, -0.05) is 30.7 Å². The van der Waals surface area contributed by atoms with Gasteiger partial charge in [-0.3, -0.25) is 14.7 Å². The Kier molecular flexibility index (Phi) is 10.8. The lowest BCUT2D eigenvalue weighted by molar-refractivity contribution is -0.293. The van der Waals surface area contributed by atoms with E-state index in [0.717, 1.165) is 0 Å². The summed E-state index contributed by atoms with van der Waals surface area (Å²) in [5.74, 6) is -3.01. The van der Waals surface area contributed by atoms with Crippen molar-refractivity contribution in [1.82, 2.24) is 0 Å². The highest BCUT2D eigenvalue weighted by molar-refractivity contribution is 7.48. The molecule has 164 valence electrons. The Balaban J connectivity index is 5.39. The van der Waals surface area contributed by atoms with E-state index in [2.05, 4.69) is 28.7 Å². The van der Waals surface area contributed by atoms with Gasteiger partial charge in [-0.15, -0.1) is 0 Å². The largest absolute Gasteiger partial charge is 0.584 e. The summed E-state index contributed by atoms with van der Waals surface area (Å²) >= 11 is 0. The van der Waals surface area contributed by atoms with Crippen LogP contribution in [0.3, 0.4) is 0 Å². The molecule has 0 aliphatic heterocycles. The van der Waals surface area contributed by atoms with Gasteiger partial charge in [0.1, 0.15) is 0 Å². The van der Waals surface area contributed by atoms with E-state index in [1.54, 1.807) is 41.5 Å². The second-order valence-corrected chi connectivity index (χ2v) is 8.00. The van der Waals surface area contributed by atoms with E-state index in [1.165, 1.54) is 20.8 Å². The Morgan fingerprint density at radius 3 is 0.862 bits per heavy atom. The summed E-state index contributed by atoms with van der Waals surface area (Å²) in [6.07, 6.45) is 0. The molecule has 0 radical (unpaired) electrons. The van der Waals surface area contributed by atoms with Crippen LogP contribution in [0.25, 0.3) is 0 Å². The summed E-state index contributed by atoms with van der Waals surface area (Å²) in [5.41, 5.74) is 2.29. The van der Waals surface area contributed by atoms with Crippen LogP contribution in [0.2, 0.25) is 0 Å². The van der Waals surface area contributed by atoms with Gasteiger partial charge in [0.25, 0.3) is 0 Å². The first-order valence-electron chi connectivity index (χ1n) is 8.46. The molecule has 0 aliphatic rings. The smallest absolute Gasteiger partial charge is 0.282 e. The summed E-state index contributed by atoms with van der Waals surface area (Å²) in [6, 6.07) is 0. The standard InChI is InChI=1S/C18H27O10P/c1-10(2)13(7)16(19)23-26-29(22,27-24-17(20)14(8)11(3)4)28-25-18(21)15(9)12(5)6/h1-9H3. The van der Waals surface area contributed by atoms with Crippen LogP contribution in [0.5, 0.6) is 0 Å². The molecule has 29 heavy (non-hydrogen) atoms. The van der Waals surface area contributed by atoms with Crippen molar-refractivity contribution in [3.8, 4) is 0 Å². The Hall–Kier alpha value is -2.26. The predicted molar refractivity (Wildman–Crippen MR) is 101 cm³/mol. The zero-order chi connectivity index (χ0) is 22.9. The van der Waals surface area contributed by atoms with Crippen molar-refractivity contribution in [2.75, 3.05) is 0 Å². The third-order valence-corrected chi connectivity index (χ3v) is 4.55. The van der Waals surface area contributed by atoms with Crippen molar-refractivity contribution in [3.05, 3.63) is 33.4 Å². The number of hydrogen-bond donors (Lipinski definition) is 0. The third-order valence-electron chi connectivity index (χ3n) is 3.78. The maximum absolute atomic E-state index is 12.6. The highest BCUT2D eigenvalue weighted by atomic mass is 31.2. The fraction of sp³-hybridized carbons (Fsp3) is 0.500. The van der Waals surface area contributed by atoms with Gasteiger partial charge in [0, 0.05) is 16.7 Å². The lowest BCUT2D eigenvalue weighted by Crippen LogP contribution is -2.14. The Morgan fingerprint density at radius 1 is 0.483 bits per heavy atom. The molecule has 0 saturated carbocycles. The van der Waals surface area contributed by atoms with Crippen molar-refractivity contribution in [2.45, 2.75) is 62.3 Å². The molecule has 0 rings (SSSR count). The van der Waals surface area contributed by atoms with E-state index in [9.17, 15) is 18.9 Å². The number of carbonyl (C=O) groups is 3. The molecular weight excluding hydrogens is 407 g/mol. The number of hydrogen-bond acceptors (Lipinski definition) is 10. The van der Waals surface area contributed by atoms with Crippen LogP contribution in [0.15, 0.2) is 33.4 Å². The van der Waals surface area contributed by atoms with Crippen molar-refractivity contribution < 1.29 is 47.6 Å². The molecule has 0 aromatic carbocycles. The van der Waals surface area contributed by atoms with Crippen molar-refractivity contribution in [2.24, 2.45) is 0 Å². The van der Waals surface area contributed by atoms with Gasteiger partial charge in [-0.2, -0.15) is 0 Å². The average Bonchev–Trinajstić information content (AvgIpc) is 2.66. The second-order valence-electron chi connectivity index (χ2n) is 6.66. The van der Waals surface area contributed by atoms with Gasteiger partial charge < -0.3 is 0 Å². The molecule has 0 aromatic heterocycles. The van der Waals surface area contributed by atoms with E-state index < -0.39 is 25.7 Å². The number of rotatable bonds is 9. The van der Waals surface area contributed by atoms with E-state index in [-0.39, 0.29) is 16.7 Å². The van der Waals surface area contributed by atoms with Gasteiger partial charge in [0.05, 0.1) is 0 Å². The Morgan fingerprint density at radius 2 is 0.690 bits per heavy atom. The lowest BCUT2D eigenvalue weighted by Gasteiger charge is -2.14. The van der Waals surface area contributed by atoms with Crippen LogP contribution in [-0.4, -0.2) is 17.9 Å². The van der Waals surface area contributed by atoms with Crippen molar-refractivity contribution >= 4 is 25.7 Å². The molecule has 0 unspecified atom stereocenters. The fourth-order valence-corrected chi connectivity index (χ4v) is 1.63. The zero-order valence-electron chi connectivity index (χ0n) is 18.0. The molecule has 0 fully saturated rings. The first kappa shape index (κ1) is 26.7. The summed E-state index contributed by atoms with van der Waals surface area (Å²) in [6.45, 7) is 14.1. The van der Waals surface area contributed by atoms with Gasteiger partial charge in [0.2, 0.25) is 0 Å². The first-order chi connectivity index (χ1) is 13.2. The van der Waals surface area contributed by atoms with Gasteiger partial charge in [0.15, 0.2) is 0 Å². The highest BCUT2D eigenvalue weighted by Crippen LogP contribution is 2.50. The molecule has 0 aromatic rings. The molecule has 10 nitrogen and oxygen atoms in total. The molecule has 0 amide bonds. The number of phosphoric acid groups is 1. The van der Waals surface area contributed by atoms with E-state index in [0.29, 0.717) is 16.7 Å². The quantitative estimate of drug-likeness (QED) is 0.220. The minimum atomic E-state index is -4.99. The molecule has 0 N–H and O–H groups in total. The van der Waals surface area contributed by atoms with Gasteiger partial charge in [-0.25, -0.2) is 18.9 Å². The Bertz CT molecular complexity index is 687. The maximum Gasteiger partial charge on any atom is 0.584 e. The van der Waals surface area contributed by atoms with Crippen LogP contribution in [0.1, 0.15) is 62.3 Å². The van der Waals surface area contributed by atoms with Crippen LogP contribution in [0.4, 0.5) is 0 Å². The van der Waals surface area contributed by atoms with Crippen molar-refractivity contribution in [3.63, 3.8) is 0 Å². The molecular formula is C18H27O10P. The molecule has 0 bridgehead atoms. The van der Waals surface area contributed by atoms with Crippen LogP contribution >= 0.6 is 7.82 Å². The fourth-order valence-electron chi connectivity index (χ4n) is 1.08. The Labute approximate surface area is 169 Å². The summed E-state index contributed by atoms with van der Waals surface area (Å²) < 4.78 is 25.7. The highest BCUT2D eigenvalue weighted by Gasteiger charge is 2.38. The summed E-state index contributed by atoms with van der Waals surface area (Å²) in [4.78, 5) is 48.7. The molecule has 0 saturated heterocycles. The van der Waals surface area contributed by atoms with E-state index >= 15 is 0 Å². The summed E-state index contributed by atoms with van der Waals surface area (Å²) in [5, 5.41) is 0. The first-order valence-corrected chi connectivity index (χ1v) is 9.92. The average molecular weight is 434 g/mol. The molecule has 11 heteroatoms. The maximum atomic E-state index is 12.6. The zero-order valence-corrected chi connectivity index (χ0v) is 18.9. The normalized spacial score (nSPS) is 10.5. The van der Waals surface area contributed by atoms with E-state index in [1.807, 2.05) is 0 Å². The molecule has 0 spiro atoms. The lowest BCUT2D eigenvalue weighted by atomic mass is 10.2. The van der Waals surface area contributed by atoms with Gasteiger partial charge in [-0.05, 0) is 62.3 Å². The number of allylic oxidation sites excluding steroid dienone is 3. The molecule has 0 heterocycles. The van der Waals surface area contributed by atoms with Crippen LogP contribution in [0, 0.1) is 0 Å². The van der Waals surface area contributed by atoms with Crippen LogP contribution in [-0.2, 0) is 47.6 Å². The number of carbonyl (C=O) groups excluding carboxylic acids is 3. The monoisotopic (exact) mass is 434 g/mol. The third kappa shape index (κ3) is 9.19. The topological polar surface area (TPSA) is 124 Å². The van der Waals surface area contributed by atoms with E-state index in [4.69, 9.17) is 0 Å². The predicted octanol–water partition coefficient (Wildman–Crippen LogP) is 4.59. The van der Waals surface area contributed by atoms with Gasteiger partial charge >= 0.3 is 25.7 Å².